The Morgan fingerprint density at radius 2 is 2.11 bits per heavy atom. The first-order chi connectivity index (χ1) is 8.34. The number of hydrogen-bond donors (Lipinski definition) is 1. The number of halogens is 1. The van der Waals surface area contributed by atoms with Crippen molar-refractivity contribution in [3.8, 4) is 0 Å². The Hall–Kier alpha value is -1.51. The second kappa shape index (κ2) is 5.42. The zero-order valence-corrected chi connectivity index (χ0v) is 10.6. The molecular formula is C10H12FNO5S. The Morgan fingerprint density at radius 1 is 1.50 bits per heavy atom. The van der Waals surface area contributed by atoms with E-state index in [1.165, 1.54) is 6.92 Å². The Balaban J connectivity index is 3.48. The first-order valence-electron chi connectivity index (χ1n) is 4.94. The number of hydrogen-bond acceptors (Lipinski definition) is 4. The molecule has 0 amide bonds. The summed E-state index contributed by atoms with van der Waals surface area (Å²) < 4.78 is 37.8. The molecule has 0 fully saturated rings. The van der Waals surface area contributed by atoms with Crippen LogP contribution in [0.25, 0.3) is 0 Å². The summed E-state index contributed by atoms with van der Waals surface area (Å²) in [6, 6.07) is 2.43. The molecule has 0 saturated heterocycles. The summed E-state index contributed by atoms with van der Waals surface area (Å²) in [5.41, 5.74) is -0.507. The first-order valence-corrected chi connectivity index (χ1v) is 6.38. The van der Waals surface area contributed by atoms with E-state index in [9.17, 15) is 17.6 Å². The van der Waals surface area contributed by atoms with Crippen molar-refractivity contribution in [3.63, 3.8) is 0 Å². The number of carboxylic acids is 1. The van der Waals surface area contributed by atoms with Crippen molar-refractivity contribution in [2.75, 3.05) is 13.7 Å². The lowest BCUT2D eigenvalue weighted by Gasteiger charge is -2.18. The maximum atomic E-state index is 13.1. The van der Waals surface area contributed by atoms with E-state index < -0.39 is 32.3 Å². The van der Waals surface area contributed by atoms with Crippen LogP contribution < -0.4 is 0 Å². The Morgan fingerprint density at radius 3 is 2.56 bits per heavy atom. The fraction of sp³-hybridized carbons (Fsp3) is 0.300. The molecule has 0 bridgehead atoms. The maximum Gasteiger partial charge on any atom is 0.337 e. The number of carbonyl (C=O) groups is 1. The van der Waals surface area contributed by atoms with Crippen molar-refractivity contribution in [3.05, 3.63) is 29.6 Å². The SMILES string of the molecule is CCN(OC)S(=O)(=O)c1cc(F)ccc1C(=O)O. The monoisotopic (exact) mass is 277 g/mol. The predicted octanol–water partition coefficient (Wildman–Crippen LogP) is 1.10. The summed E-state index contributed by atoms with van der Waals surface area (Å²) in [7, 11) is -3.08. The van der Waals surface area contributed by atoms with Gasteiger partial charge in [-0.25, -0.2) is 17.6 Å². The van der Waals surface area contributed by atoms with Gasteiger partial charge in [-0.2, -0.15) is 0 Å². The molecular weight excluding hydrogens is 265 g/mol. The molecule has 0 aromatic heterocycles. The highest BCUT2D eigenvalue weighted by molar-refractivity contribution is 7.89. The van der Waals surface area contributed by atoms with Gasteiger partial charge in [-0.15, -0.1) is 0 Å². The second-order valence-corrected chi connectivity index (χ2v) is 5.05. The maximum absolute atomic E-state index is 13.1. The van der Waals surface area contributed by atoms with Crippen molar-refractivity contribution in [1.82, 2.24) is 4.47 Å². The molecule has 1 N–H and O–H groups in total. The quantitative estimate of drug-likeness (QED) is 0.815. The van der Waals surface area contributed by atoms with E-state index in [1.54, 1.807) is 0 Å². The van der Waals surface area contributed by atoms with Crippen LogP contribution in [0.2, 0.25) is 0 Å². The molecule has 0 spiro atoms. The minimum Gasteiger partial charge on any atom is -0.478 e. The van der Waals surface area contributed by atoms with Gasteiger partial charge in [0.05, 0.1) is 12.7 Å². The Kier molecular flexibility index (Phi) is 4.38. The van der Waals surface area contributed by atoms with Crippen LogP contribution in [-0.4, -0.2) is 37.6 Å². The highest BCUT2D eigenvalue weighted by Crippen LogP contribution is 2.21. The first kappa shape index (κ1) is 14.6. The van der Waals surface area contributed by atoms with E-state index in [0.29, 0.717) is 10.5 Å². The molecule has 0 unspecified atom stereocenters. The molecule has 1 aromatic rings. The van der Waals surface area contributed by atoms with Gasteiger partial charge in [0.2, 0.25) is 0 Å². The fourth-order valence-electron chi connectivity index (χ4n) is 1.39. The second-order valence-electron chi connectivity index (χ2n) is 3.25. The molecule has 0 aliphatic rings. The summed E-state index contributed by atoms with van der Waals surface area (Å²) in [5.74, 6) is -2.30. The molecule has 100 valence electrons. The minimum absolute atomic E-state index is 0.0333. The third kappa shape index (κ3) is 2.66. The zero-order valence-electron chi connectivity index (χ0n) is 9.75. The van der Waals surface area contributed by atoms with Crippen molar-refractivity contribution in [2.45, 2.75) is 11.8 Å². The van der Waals surface area contributed by atoms with Crippen LogP contribution in [0.4, 0.5) is 4.39 Å². The van der Waals surface area contributed by atoms with Crippen LogP contribution in [0.3, 0.4) is 0 Å². The lowest BCUT2D eigenvalue weighted by Crippen LogP contribution is -2.31. The largest absolute Gasteiger partial charge is 0.478 e. The van der Waals surface area contributed by atoms with Gasteiger partial charge in [0.1, 0.15) is 10.7 Å². The van der Waals surface area contributed by atoms with E-state index in [0.717, 1.165) is 19.2 Å². The average Bonchev–Trinajstić information content (AvgIpc) is 2.29. The number of rotatable bonds is 5. The molecule has 0 atom stereocenters. The van der Waals surface area contributed by atoms with Gasteiger partial charge in [-0.05, 0) is 25.1 Å². The molecule has 0 saturated carbocycles. The highest BCUT2D eigenvalue weighted by Gasteiger charge is 2.29. The third-order valence-electron chi connectivity index (χ3n) is 2.18. The predicted molar refractivity (Wildman–Crippen MR) is 59.9 cm³/mol. The number of sulfonamides is 1. The molecule has 0 aliphatic heterocycles. The smallest absolute Gasteiger partial charge is 0.337 e. The van der Waals surface area contributed by atoms with Crippen LogP contribution in [-0.2, 0) is 14.9 Å². The van der Waals surface area contributed by atoms with E-state index in [1.807, 2.05) is 0 Å². The number of hydroxylamine groups is 1. The van der Waals surface area contributed by atoms with Gasteiger partial charge in [0.25, 0.3) is 10.0 Å². The van der Waals surface area contributed by atoms with E-state index in [4.69, 9.17) is 5.11 Å². The molecule has 0 aliphatic carbocycles. The molecule has 18 heavy (non-hydrogen) atoms. The van der Waals surface area contributed by atoms with Gasteiger partial charge < -0.3 is 5.11 Å². The topological polar surface area (TPSA) is 83.9 Å². The van der Waals surface area contributed by atoms with Gasteiger partial charge in [-0.3, -0.25) is 4.84 Å². The molecule has 1 rings (SSSR count). The molecule has 0 heterocycles. The van der Waals surface area contributed by atoms with Gasteiger partial charge in [0.15, 0.2) is 0 Å². The number of aromatic carboxylic acids is 1. The van der Waals surface area contributed by atoms with Crippen LogP contribution in [0.15, 0.2) is 23.1 Å². The van der Waals surface area contributed by atoms with Crippen LogP contribution in [0.5, 0.6) is 0 Å². The Bertz CT molecular complexity index is 553. The average molecular weight is 277 g/mol. The fourth-order valence-corrected chi connectivity index (χ4v) is 2.84. The van der Waals surface area contributed by atoms with Gasteiger partial charge >= 0.3 is 5.97 Å². The number of carboxylic acid groups (broad SMARTS) is 1. The molecule has 8 heteroatoms. The highest BCUT2D eigenvalue weighted by atomic mass is 32.2. The normalized spacial score (nSPS) is 11.8. The van der Waals surface area contributed by atoms with Crippen LogP contribution >= 0.6 is 0 Å². The summed E-state index contributed by atoms with van der Waals surface area (Å²) in [5, 5.41) is 8.90. The van der Waals surface area contributed by atoms with Crippen molar-refractivity contribution in [1.29, 1.82) is 0 Å². The standard InChI is InChI=1S/C10H12FNO5S/c1-3-12(17-2)18(15,16)9-6-7(11)4-5-8(9)10(13)14/h4-6H,3H2,1-2H3,(H,13,14). The lowest BCUT2D eigenvalue weighted by molar-refractivity contribution is -0.0443. The summed E-state index contributed by atoms with van der Waals surface area (Å²) in [6.07, 6.45) is 0. The lowest BCUT2D eigenvalue weighted by atomic mass is 10.2. The van der Waals surface area contributed by atoms with Crippen molar-refractivity contribution < 1.29 is 27.5 Å². The number of nitrogens with zero attached hydrogens (tertiary/aromatic N) is 1. The molecule has 6 nitrogen and oxygen atoms in total. The molecule has 0 radical (unpaired) electrons. The van der Waals surface area contributed by atoms with E-state index in [-0.39, 0.29) is 6.54 Å². The Labute approximate surface area is 104 Å². The van der Waals surface area contributed by atoms with Crippen LogP contribution in [0, 0.1) is 5.82 Å². The summed E-state index contributed by atoms with van der Waals surface area (Å²) >= 11 is 0. The zero-order chi connectivity index (χ0) is 13.9. The van der Waals surface area contributed by atoms with Gasteiger partial charge in [0, 0.05) is 6.54 Å². The molecule has 1 aromatic carbocycles. The number of benzene rings is 1. The van der Waals surface area contributed by atoms with Crippen LogP contribution in [0.1, 0.15) is 17.3 Å². The van der Waals surface area contributed by atoms with Crippen molar-refractivity contribution in [2.24, 2.45) is 0 Å². The summed E-state index contributed by atoms with van der Waals surface area (Å²) in [4.78, 5) is 14.9. The summed E-state index contributed by atoms with van der Waals surface area (Å²) in [6.45, 7) is 1.47. The third-order valence-corrected chi connectivity index (χ3v) is 4.02. The minimum atomic E-state index is -4.21. The van der Waals surface area contributed by atoms with E-state index >= 15 is 0 Å². The van der Waals surface area contributed by atoms with E-state index in [2.05, 4.69) is 4.84 Å². The van der Waals surface area contributed by atoms with Crippen molar-refractivity contribution >= 4 is 16.0 Å². The van der Waals surface area contributed by atoms with Gasteiger partial charge in [-0.1, -0.05) is 4.47 Å².